The second-order valence-electron chi connectivity index (χ2n) is 5.02. The summed E-state index contributed by atoms with van der Waals surface area (Å²) in [7, 11) is 0. The van der Waals surface area contributed by atoms with Gasteiger partial charge in [0.1, 0.15) is 0 Å². The average molecular weight is 390 g/mol. The minimum absolute atomic E-state index is 0.0965. The third-order valence-corrected chi connectivity index (χ3v) is 4.55. The molecule has 23 heavy (non-hydrogen) atoms. The Morgan fingerprint density at radius 3 is 2.70 bits per heavy atom. The minimum Gasteiger partial charge on any atom is -0.289 e. The topological polar surface area (TPSA) is 59.3 Å². The highest BCUT2D eigenvalue weighted by molar-refractivity contribution is 7.15. The zero-order valence-corrected chi connectivity index (χ0v) is 15.2. The smallest absolute Gasteiger partial charge is 0.278 e. The van der Waals surface area contributed by atoms with Crippen LogP contribution in [0.1, 0.15) is 11.1 Å². The zero-order chi connectivity index (χ0) is 16.8. The quantitative estimate of drug-likeness (QED) is 0.662. The molecule has 0 saturated heterocycles. The fraction of sp³-hybridized carbons (Fsp3) is 0.214. The van der Waals surface area contributed by atoms with Gasteiger partial charge in [-0.15, -0.1) is 16.4 Å². The van der Waals surface area contributed by atoms with Crippen molar-refractivity contribution in [3.8, 4) is 11.3 Å². The Kier molecular flexibility index (Phi) is 4.27. The molecule has 2 aromatic heterocycles. The third-order valence-electron chi connectivity index (χ3n) is 3.22. The van der Waals surface area contributed by atoms with E-state index >= 15 is 0 Å². The molecule has 0 atom stereocenters. The fourth-order valence-electron chi connectivity index (χ4n) is 2.19. The highest BCUT2D eigenvalue weighted by Crippen LogP contribution is 2.30. The molecule has 120 valence electrons. The van der Waals surface area contributed by atoms with Gasteiger partial charge in [-0.25, -0.2) is 4.52 Å². The SMILES string of the molecule is Cc1ccc(-c2csc3nc(NC(=O)C(Cl)(Cl)Cl)nn23)c(C)c1. The van der Waals surface area contributed by atoms with Crippen molar-refractivity contribution in [1.29, 1.82) is 0 Å². The van der Waals surface area contributed by atoms with E-state index in [4.69, 9.17) is 34.8 Å². The molecule has 0 unspecified atom stereocenters. The van der Waals surface area contributed by atoms with Crippen molar-refractivity contribution in [3.05, 3.63) is 34.7 Å². The molecule has 3 rings (SSSR count). The number of carbonyl (C=O) groups excluding carboxylic acids is 1. The number of nitrogens with zero attached hydrogens (tertiary/aromatic N) is 3. The third kappa shape index (κ3) is 3.30. The lowest BCUT2D eigenvalue weighted by atomic mass is 10.0. The Bertz CT molecular complexity index is 897. The van der Waals surface area contributed by atoms with Gasteiger partial charge in [0.15, 0.2) is 0 Å². The van der Waals surface area contributed by atoms with Crippen molar-refractivity contribution in [3.63, 3.8) is 0 Å². The van der Waals surface area contributed by atoms with E-state index in [1.807, 2.05) is 31.4 Å². The molecule has 0 aliphatic rings. The van der Waals surface area contributed by atoms with Crippen LogP contribution in [0.5, 0.6) is 0 Å². The maximum Gasteiger partial charge on any atom is 0.278 e. The van der Waals surface area contributed by atoms with E-state index in [2.05, 4.69) is 21.5 Å². The number of anilines is 1. The number of carbonyl (C=O) groups is 1. The Hall–Kier alpha value is -1.34. The molecular weight excluding hydrogens is 379 g/mol. The van der Waals surface area contributed by atoms with Crippen LogP contribution in [0.2, 0.25) is 0 Å². The van der Waals surface area contributed by atoms with E-state index in [0.29, 0.717) is 4.96 Å². The van der Waals surface area contributed by atoms with Gasteiger partial charge in [0.2, 0.25) is 4.96 Å². The van der Waals surface area contributed by atoms with Gasteiger partial charge >= 0.3 is 0 Å². The highest BCUT2D eigenvalue weighted by Gasteiger charge is 2.31. The summed E-state index contributed by atoms with van der Waals surface area (Å²) in [5.41, 5.74) is 4.26. The highest BCUT2D eigenvalue weighted by atomic mass is 35.6. The summed E-state index contributed by atoms with van der Waals surface area (Å²) >= 11 is 18.0. The number of alkyl halides is 3. The maximum absolute atomic E-state index is 11.7. The first kappa shape index (κ1) is 16.5. The summed E-state index contributed by atoms with van der Waals surface area (Å²) < 4.78 is -0.397. The summed E-state index contributed by atoms with van der Waals surface area (Å²) in [4.78, 5) is 16.5. The molecule has 2 heterocycles. The summed E-state index contributed by atoms with van der Waals surface area (Å²) in [5.74, 6) is -0.701. The van der Waals surface area contributed by atoms with Gasteiger partial charge in [-0.2, -0.15) is 4.98 Å². The average Bonchev–Trinajstić information content (AvgIpc) is 2.98. The maximum atomic E-state index is 11.7. The predicted octanol–water partition coefficient (Wildman–Crippen LogP) is 4.38. The van der Waals surface area contributed by atoms with Crippen LogP contribution in [-0.2, 0) is 4.79 Å². The lowest BCUT2D eigenvalue weighted by molar-refractivity contribution is -0.115. The van der Waals surface area contributed by atoms with Crippen LogP contribution in [0, 0.1) is 13.8 Å². The molecule has 1 aromatic carbocycles. The number of aryl methyl sites for hydroxylation is 2. The Balaban J connectivity index is 1.99. The predicted molar refractivity (Wildman–Crippen MR) is 94.7 cm³/mol. The van der Waals surface area contributed by atoms with E-state index in [1.54, 1.807) is 4.52 Å². The van der Waals surface area contributed by atoms with Crippen molar-refractivity contribution >= 4 is 63.0 Å². The number of halogens is 3. The Labute approximate surface area is 151 Å². The molecule has 9 heteroatoms. The molecule has 0 spiro atoms. The van der Waals surface area contributed by atoms with Gasteiger partial charge in [0, 0.05) is 10.9 Å². The number of aromatic nitrogens is 3. The monoisotopic (exact) mass is 388 g/mol. The first-order valence-corrected chi connectivity index (χ1v) is 8.57. The number of fused-ring (bicyclic) bond motifs is 1. The van der Waals surface area contributed by atoms with Crippen molar-refractivity contribution in [2.75, 3.05) is 5.32 Å². The Morgan fingerprint density at radius 1 is 1.30 bits per heavy atom. The van der Waals surface area contributed by atoms with Crippen molar-refractivity contribution in [1.82, 2.24) is 14.6 Å². The van der Waals surface area contributed by atoms with Gasteiger partial charge in [-0.1, -0.05) is 58.6 Å². The number of nitrogens with one attached hydrogen (secondary N) is 1. The van der Waals surface area contributed by atoms with Crippen LogP contribution in [0.15, 0.2) is 23.6 Å². The molecule has 1 amide bonds. The summed E-state index contributed by atoms with van der Waals surface area (Å²) in [5, 5.41) is 8.63. The summed E-state index contributed by atoms with van der Waals surface area (Å²) in [6.07, 6.45) is 0. The van der Waals surface area contributed by atoms with E-state index < -0.39 is 9.70 Å². The molecule has 0 radical (unpaired) electrons. The summed E-state index contributed by atoms with van der Waals surface area (Å²) in [6, 6.07) is 6.17. The molecular formula is C14H11Cl3N4OS. The van der Waals surface area contributed by atoms with Crippen LogP contribution in [0.4, 0.5) is 5.95 Å². The van der Waals surface area contributed by atoms with Crippen molar-refractivity contribution in [2.45, 2.75) is 17.6 Å². The summed E-state index contributed by atoms with van der Waals surface area (Å²) in [6.45, 7) is 4.08. The molecule has 0 fully saturated rings. The number of rotatable bonds is 2. The molecule has 3 aromatic rings. The van der Waals surface area contributed by atoms with Gasteiger partial charge in [0.05, 0.1) is 5.69 Å². The van der Waals surface area contributed by atoms with E-state index in [-0.39, 0.29) is 5.95 Å². The second kappa shape index (κ2) is 5.94. The molecule has 0 aliphatic heterocycles. The van der Waals surface area contributed by atoms with Gasteiger partial charge < -0.3 is 0 Å². The van der Waals surface area contributed by atoms with Crippen LogP contribution in [0.3, 0.4) is 0 Å². The minimum atomic E-state index is -2.06. The largest absolute Gasteiger partial charge is 0.289 e. The van der Waals surface area contributed by atoms with E-state index in [1.165, 1.54) is 16.9 Å². The lowest BCUT2D eigenvalue weighted by Gasteiger charge is -2.08. The molecule has 0 aliphatic carbocycles. The first-order valence-electron chi connectivity index (χ1n) is 6.56. The fourth-order valence-corrected chi connectivity index (χ4v) is 3.16. The van der Waals surface area contributed by atoms with E-state index in [0.717, 1.165) is 16.8 Å². The second-order valence-corrected chi connectivity index (χ2v) is 8.14. The van der Waals surface area contributed by atoms with Gasteiger partial charge in [0.25, 0.3) is 15.6 Å². The van der Waals surface area contributed by atoms with Gasteiger partial charge in [-0.3, -0.25) is 10.1 Å². The van der Waals surface area contributed by atoms with E-state index in [9.17, 15) is 4.79 Å². The molecule has 0 bridgehead atoms. The standard InChI is InChI=1S/C14H11Cl3N4OS/c1-7-3-4-9(8(2)5-7)10-6-23-13-19-12(20-21(10)13)18-11(22)14(15,16)17/h3-6H,1-2H3,(H,18,20,22). The van der Waals surface area contributed by atoms with Gasteiger partial charge in [-0.05, 0) is 19.4 Å². The number of hydrogen-bond donors (Lipinski definition) is 1. The van der Waals surface area contributed by atoms with Crippen LogP contribution >= 0.6 is 46.1 Å². The zero-order valence-electron chi connectivity index (χ0n) is 12.1. The van der Waals surface area contributed by atoms with Crippen LogP contribution < -0.4 is 5.32 Å². The lowest BCUT2D eigenvalue weighted by Crippen LogP contribution is -2.27. The molecule has 5 nitrogen and oxygen atoms in total. The van der Waals surface area contributed by atoms with Crippen molar-refractivity contribution in [2.24, 2.45) is 0 Å². The number of thiazole rings is 1. The van der Waals surface area contributed by atoms with Crippen LogP contribution in [-0.4, -0.2) is 24.3 Å². The van der Waals surface area contributed by atoms with Crippen molar-refractivity contribution < 1.29 is 4.79 Å². The van der Waals surface area contributed by atoms with Crippen LogP contribution in [0.25, 0.3) is 16.2 Å². The Morgan fingerprint density at radius 2 is 2.04 bits per heavy atom. The molecule has 0 saturated carbocycles. The first-order chi connectivity index (χ1) is 10.8. The number of amides is 1. The number of hydrogen-bond acceptors (Lipinski definition) is 4. The normalized spacial score (nSPS) is 11.9. The molecule has 1 N–H and O–H groups in total. The number of benzene rings is 1.